The molecule has 30 heavy (non-hydrogen) atoms. The number of hydrogen-bond donors (Lipinski definition) is 2. The van der Waals surface area contributed by atoms with Crippen molar-refractivity contribution in [3.8, 4) is 22.6 Å². The summed E-state index contributed by atoms with van der Waals surface area (Å²) in [6.07, 6.45) is 3.90. The molecule has 0 radical (unpaired) electrons. The third kappa shape index (κ3) is 4.56. The highest BCUT2D eigenvalue weighted by Crippen LogP contribution is 2.29. The Morgan fingerprint density at radius 3 is 2.63 bits per heavy atom. The van der Waals surface area contributed by atoms with Gasteiger partial charge >= 0.3 is 0 Å². The molecule has 0 aliphatic carbocycles. The lowest BCUT2D eigenvalue weighted by molar-refractivity contribution is 0.0934. The molecule has 1 aromatic carbocycles. The molecular formula is C22H18Cl2N4O2. The van der Waals surface area contributed by atoms with E-state index in [2.05, 4.69) is 20.5 Å². The first-order valence-corrected chi connectivity index (χ1v) is 10.1. The molecule has 2 N–H and O–H groups in total. The fourth-order valence-corrected chi connectivity index (χ4v) is 3.35. The molecule has 3 heterocycles. The van der Waals surface area contributed by atoms with Crippen molar-refractivity contribution in [2.45, 2.75) is 19.4 Å². The van der Waals surface area contributed by atoms with Crippen LogP contribution in [0.2, 0.25) is 10.0 Å². The second kappa shape index (κ2) is 8.73. The zero-order valence-corrected chi connectivity index (χ0v) is 17.5. The van der Waals surface area contributed by atoms with Crippen LogP contribution in [0.3, 0.4) is 0 Å². The van der Waals surface area contributed by atoms with Gasteiger partial charge in [0.15, 0.2) is 0 Å². The number of nitrogens with one attached hydrogen (secondary N) is 2. The Hall–Kier alpha value is -3.09. The number of aromatic amines is 1. The summed E-state index contributed by atoms with van der Waals surface area (Å²) in [7, 11) is 0. The third-order valence-electron chi connectivity index (χ3n) is 4.55. The second-order valence-electron chi connectivity index (χ2n) is 6.88. The van der Waals surface area contributed by atoms with Gasteiger partial charge in [-0.1, -0.05) is 23.2 Å². The summed E-state index contributed by atoms with van der Waals surface area (Å²) < 4.78 is 5.91. The number of furan rings is 1. The number of amides is 1. The fraction of sp³-hybridized carbons (Fsp3) is 0.136. The van der Waals surface area contributed by atoms with Crippen LogP contribution in [0.15, 0.2) is 65.3 Å². The summed E-state index contributed by atoms with van der Waals surface area (Å²) in [6.45, 7) is 1.92. The van der Waals surface area contributed by atoms with Crippen molar-refractivity contribution in [2.24, 2.45) is 0 Å². The van der Waals surface area contributed by atoms with Gasteiger partial charge in [-0.25, -0.2) is 0 Å². The van der Waals surface area contributed by atoms with E-state index in [1.807, 2.05) is 37.3 Å². The van der Waals surface area contributed by atoms with Crippen molar-refractivity contribution in [2.75, 3.05) is 0 Å². The summed E-state index contributed by atoms with van der Waals surface area (Å²) in [5.41, 5.74) is 2.81. The Morgan fingerprint density at radius 2 is 1.87 bits per heavy atom. The van der Waals surface area contributed by atoms with Gasteiger partial charge in [0, 0.05) is 36.0 Å². The van der Waals surface area contributed by atoms with Crippen LogP contribution in [0.5, 0.6) is 0 Å². The van der Waals surface area contributed by atoms with E-state index in [1.54, 1.807) is 30.6 Å². The van der Waals surface area contributed by atoms with E-state index in [4.69, 9.17) is 27.6 Å². The lowest BCUT2D eigenvalue weighted by Crippen LogP contribution is -2.34. The molecule has 0 aliphatic heterocycles. The first kappa shape index (κ1) is 20.2. The molecule has 0 spiro atoms. The number of benzene rings is 1. The molecule has 0 aliphatic rings. The molecule has 1 amide bonds. The summed E-state index contributed by atoms with van der Waals surface area (Å²) in [4.78, 5) is 16.5. The molecule has 0 saturated carbocycles. The van der Waals surface area contributed by atoms with Gasteiger partial charge in [-0.15, -0.1) is 0 Å². The van der Waals surface area contributed by atoms with Gasteiger partial charge in [-0.2, -0.15) is 5.10 Å². The van der Waals surface area contributed by atoms with E-state index in [1.165, 1.54) is 0 Å². The molecule has 0 fully saturated rings. The molecule has 6 nitrogen and oxygen atoms in total. The summed E-state index contributed by atoms with van der Waals surface area (Å²) in [5.74, 6) is 1.22. The van der Waals surface area contributed by atoms with Crippen LogP contribution in [-0.2, 0) is 6.42 Å². The Kier molecular flexibility index (Phi) is 5.88. The summed E-state index contributed by atoms with van der Waals surface area (Å²) in [6, 6.07) is 14.3. The van der Waals surface area contributed by atoms with E-state index in [-0.39, 0.29) is 11.9 Å². The molecule has 4 aromatic rings. The van der Waals surface area contributed by atoms with Gasteiger partial charge in [0.1, 0.15) is 17.2 Å². The summed E-state index contributed by atoms with van der Waals surface area (Å²) in [5, 5.41) is 10.9. The first-order chi connectivity index (χ1) is 14.5. The number of carbonyl (C=O) groups excluding carboxylic acids is 1. The van der Waals surface area contributed by atoms with E-state index in [0.717, 1.165) is 16.9 Å². The SMILES string of the molecule is C[C@H](Cc1ccc(-c2ccc(Cl)c(Cl)c2)o1)NC(=O)c1cc(-c2ccncc2)n[nH]1. The Bertz CT molecular complexity index is 1170. The highest BCUT2D eigenvalue weighted by atomic mass is 35.5. The normalized spacial score (nSPS) is 12.0. The second-order valence-corrected chi connectivity index (χ2v) is 7.69. The summed E-state index contributed by atoms with van der Waals surface area (Å²) >= 11 is 12.0. The molecule has 4 rings (SSSR count). The lowest BCUT2D eigenvalue weighted by Gasteiger charge is -2.11. The maximum atomic E-state index is 12.5. The number of rotatable bonds is 6. The van der Waals surface area contributed by atoms with Gasteiger partial charge in [0.25, 0.3) is 5.91 Å². The van der Waals surface area contributed by atoms with Crippen molar-refractivity contribution >= 4 is 29.1 Å². The average molecular weight is 441 g/mol. The van der Waals surface area contributed by atoms with Crippen molar-refractivity contribution in [1.82, 2.24) is 20.5 Å². The predicted molar refractivity (Wildman–Crippen MR) is 117 cm³/mol. The molecule has 0 saturated heterocycles. The van der Waals surface area contributed by atoms with E-state index < -0.39 is 0 Å². The topological polar surface area (TPSA) is 83.8 Å². The van der Waals surface area contributed by atoms with Crippen LogP contribution >= 0.6 is 23.2 Å². The van der Waals surface area contributed by atoms with Crippen LogP contribution in [0.4, 0.5) is 0 Å². The zero-order valence-electron chi connectivity index (χ0n) is 16.0. The van der Waals surface area contributed by atoms with Crippen LogP contribution in [0.1, 0.15) is 23.2 Å². The minimum absolute atomic E-state index is 0.141. The number of aromatic nitrogens is 3. The minimum Gasteiger partial charge on any atom is -0.461 e. The van der Waals surface area contributed by atoms with Crippen molar-refractivity contribution in [3.63, 3.8) is 0 Å². The molecule has 152 valence electrons. The predicted octanol–water partition coefficient (Wildman–Crippen LogP) is 5.40. The molecular weight excluding hydrogens is 423 g/mol. The zero-order chi connectivity index (χ0) is 21.1. The lowest BCUT2D eigenvalue weighted by atomic mass is 10.1. The van der Waals surface area contributed by atoms with Crippen molar-refractivity contribution in [3.05, 3.63) is 82.4 Å². The largest absolute Gasteiger partial charge is 0.461 e. The molecule has 0 unspecified atom stereocenters. The maximum absolute atomic E-state index is 12.5. The average Bonchev–Trinajstić information content (AvgIpc) is 3.41. The Morgan fingerprint density at radius 1 is 1.07 bits per heavy atom. The van der Waals surface area contributed by atoms with Crippen molar-refractivity contribution < 1.29 is 9.21 Å². The van der Waals surface area contributed by atoms with E-state index >= 15 is 0 Å². The van der Waals surface area contributed by atoms with Gasteiger partial charge in [-0.05, 0) is 55.5 Å². The van der Waals surface area contributed by atoms with Crippen LogP contribution in [0, 0.1) is 0 Å². The molecule has 1 atom stereocenters. The first-order valence-electron chi connectivity index (χ1n) is 9.30. The smallest absolute Gasteiger partial charge is 0.269 e. The maximum Gasteiger partial charge on any atom is 0.269 e. The van der Waals surface area contributed by atoms with Crippen LogP contribution in [0.25, 0.3) is 22.6 Å². The molecule has 0 bridgehead atoms. The third-order valence-corrected chi connectivity index (χ3v) is 5.29. The Balaban J connectivity index is 1.38. The number of nitrogens with zero attached hydrogens (tertiary/aromatic N) is 2. The van der Waals surface area contributed by atoms with Gasteiger partial charge < -0.3 is 9.73 Å². The molecule has 8 heteroatoms. The minimum atomic E-state index is -0.230. The van der Waals surface area contributed by atoms with Gasteiger partial charge in [0.2, 0.25) is 0 Å². The Labute approximate surface area is 183 Å². The van der Waals surface area contributed by atoms with Crippen LogP contribution < -0.4 is 5.32 Å². The monoisotopic (exact) mass is 440 g/mol. The fourth-order valence-electron chi connectivity index (χ4n) is 3.06. The highest BCUT2D eigenvalue weighted by Gasteiger charge is 2.16. The van der Waals surface area contributed by atoms with E-state index in [0.29, 0.717) is 33.6 Å². The number of halogens is 2. The van der Waals surface area contributed by atoms with Crippen molar-refractivity contribution in [1.29, 1.82) is 0 Å². The quantitative estimate of drug-likeness (QED) is 0.420. The number of pyridine rings is 1. The number of carbonyl (C=O) groups is 1. The van der Waals surface area contributed by atoms with Crippen LogP contribution in [-0.4, -0.2) is 27.1 Å². The van der Waals surface area contributed by atoms with Gasteiger partial charge in [-0.3, -0.25) is 14.9 Å². The number of H-pyrrole nitrogens is 1. The molecule has 3 aromatic heterocycles. The van der Waals surface area contributed by atoms with E-state index in [9.17, 15) is 4.79 Å². The highest BCUT2D eigenvalue weighted by molar-refractivity contribution is 6.42. The number of hydrogen-bond acceptors (Lipinski definition) is 4. The standard InChI is InChI=1S/C22H18Cl2N4O2/c1-13(10-16-3-5-21(30-16)15-2-4-17(23)18(24)11-15)26-22(29)20-12-19(27-28-20)14-6-8-25-9-7-14/h2-9,11-13H,10H2,1H3,(H,26,29)(H,27,28)/t13-/m1/s1. The van der Waals surface area contributed by atoms with Gasteiger partial charge in [0.05, 0.1) is 15.7 Å².